The number of aromatic nitrogens is 2. The SMILES string of the molecule is Cc1nc(Cl)nc2c1NC(=O)[C@H](C1CC1)N2C. The third-order valence-electron chi connectivity index (χ3n) is 3.38. The van der Waals surface area contributed by atoms with E-state index in [4.69, 9.17) is 11.6 Å². The van der Waals surface area contributed by atoms with Gasteiger partial charge in [0.25, 0.3) is 0 Å². The number of anilines is 2. The maximum absolute atomic E-state index is 12.0. The highest BCUT2D eigenvalue weighted by atomic mass is 35.5. The van der Waals surface area contributed by atoms with Crippen LogP contribution < -0.4 is 10.2 Å². The lowest BCUT2D eigenvalue weighted by molar-refractivity contribution is -0.118. The van der Waals surface area contributed by atoms with E-state index in [1.54, 1.807) is 0 Å². The zero-order valence-corrected chi connectivity index (χ0v) is 10.5. The van der Waals surface area contributed by atoms with E-state index in [0.29, 0.717) is 17.3 Å². The van der Waals surface area contributed by atoms with Crippen molar-refractivity contribution in [3.63, 3.8) is 0 Å². The van der Waals surface area contributed by atoms with E-state index in [1.807, 2.05) is 18.9 Å². The van der Waals surface area contributed by atoms with Crippen molar-refractivity contribution >= 4 is 29.0 Å². The lowest BCUT2D eigenvalue weighted by Crippen LogP contribution is -2.48. The van der Waals surface area contributed by atoms with Crippen LogP contribution >= 0.6 is 11.6 Å². The summed E-state index contributed by atoms with van der Waals surface area (Å²) in [5.74, 6) is 1.21. The van der Waals surface area contributed by atoms with Crippen molar-refractivity contribution in [2.24, 2.45) is 5.92 Å². The first-order chi connectivity index (χ1) is 8.08. The van der Waals surface area contributed by atoms with Gasteiger partial charge in [0.1, 0.15) is 11.7 Å². The monoisotopic (exact) mass is 252 g/mol. The highest BCUT2D eigenvalue weighted by molar-refractivity contribution is 6.28. The normalized spacial score (nSPS) is 23.4. The summed E-state index contributed by atoms with van der Waals surface area (Å²) < 4.78 is 0. The van der Waals surface area contributed by atoms with Crippen molar-refractivity contribution in [1.82, 2.24) is 9.97 Å². The number of fused-ring (bicyclic) bond motifs is 1. The fourth-order valence-electron chi connectivity index (χ4n) is 2.37. The zero-order valence-electron chi connectivity index (χ0n) is 9.70. The molecule has 1 atom stereocenters. The molecule has 90 valence electrons. The second-order valence-corrected chi connectivity index (χ2v) is 5.00. The van der Waals surface area contributed by atoms with Crippen LogP contribution in [0, 0.1) is 12.8 Å². The molecule has 5 nitrogen and oxygen atoms in total. The van der Waals surface area contributed by atoms with E-state index in [2.05, 4.69) is 15.3 Å². The minimum absolute atomic E-state index is 0.0384. The molecule has 6 heteroatoms. The molecule has 1 saturated carbocycles. The molecule has 0 aromatic carbocycles. The van der Waals surface area contributed by atoms with Gasteiger partial charge in [-0.05, 0) is 37.3 Å². The second-order valence-electron chi connectivity index (χ2n) is 4.66. The minimum atomic E-state index is -0.118. The smallest absolute Gasteiger partial charge is 0.247 e. The van der Waals surface area contributed by atoms with Crippen molar-refractivity contribution in [2.75, 3.05) is 17.3 Å². The third-order valence-corrected chi connectivity index (χ3v) is 3.55. The number of hydrogen-bond donors (Lipinski definition) is 1. The summed E-state index contributed by atoms with van der Waals surface area (Å²) in [7, 11) is 1.89. The van der Waals surface area contributed by atoms with Crippen LogP contribution in [0.2, 0.25) is 5.28 Å². The summed E-state index contributed by atoms with van der Waals surface area (Å²) in [6, 6.07) is -0.118. The van der Waals surface area contributed by atoms with Crippen molar-refractivity contribution in [3.05, 3.63) is 11.0 Å². The van der Waals surface area contributed by atoms with Crippen LogP contribution in [0.15, 0.2) is 0 Å². The summed E-state index contributed by atoms with van der Waals surface area (Å²) in [4.78, 5) is 22.2. The molecule has 1 amide bonds. The van der Waals surface area contributed by atoms with Crippen molar-refractivity contribution in [3.8, 4) is 0 Å². The maximum atomic E-state index is 12.0. The number of halogens is 1. The largest absolute Gasteiger partial charge is 0.345 e. The topological polar surface area (TPSA) is 58.1 Å². The van der Waals surface area contributed by atoms with Gasteiger partial charge in [-0.25, -0.2) is 4.98 Å². The summed E-state index contributed by atoms with van der Waals surface area (Å²) in [6.07, 6.45) is 2.21. The number of rotatable bonds is 1. The number of likely N-dealkylation sites (N-methyl/N-ethyl adjacent to an activating group) is 1. The molecule has 0 radical (unpaired) electrons. The summed E-state index contributed by atoms with van der Waals surface area (Å²) >= 11 is 5.86. The molecular weight excluding hydrogens is 240 g/mol. The molecule has 17 heavy (non-hydrogen) atoms. The first-order valence-electron chi connectivity index (χ1n) is 5.66. The van der Waals surface area contributed by atoms with Crippen LogP contribution in [-0.4, -0.2) is 29.0 Å². The Morgan fingerprint density at radius 3 is 2.76 bits per heavy atom. The van der Waals surface area contributed by atoms with Gasteiger partial charge >= 0.3 is 0 Å². The number of nitrogens with zero attached hydrogens (tertiary/aromatic N) is 3. The number of carbonyl (C=O) groups is 1. The van der Waals surface area contributed by atoms with Gasteiger partial charge in [-0.2, -0.15) is 4.98 Å². The van der Waals surface area contributed by atoms with Gasteiger partial charge < -0.3 is 10.2 Å². The number of hydrogen-bond acceptors (Lipinski definition) is 4. The molecule has 1 aliphatic heterocycles. The fraction of sp³-hybridized carbons (Fsp3) is 0.545. The molecule has 0 spiro atoms. The van der Waals surface area contributed by atoms with Crippen LogP contribution in [0.25, 0.3) is 0 Å². The lowest BCUT2D eigenvalue weighted by atomic mass is 10.1. The first-order valence-corrected chi connectivity index (χ1v) is 6.03. The molecule has 0 saturated heterocycles. The van der Waals surface area contributed by atoms with Gasteiger partial charge in [-0.15, -0.1) is 0 Å². The van der Waals surface area contributed by atoms with Gasteiger partial charge in [0.2, 0.25) is 11.2 Å². The minimum Gasteiger partial charge on any atom is -0.345 e. The van der Waals surface area contributed by atoms with Gasteiger partial charge in [0.05, 0.1) is 5.69 Å². The van der Waals surface area contributed by atoms with Crippen LogP contribution in [0.4, 0.5) is 11.5 Å². The molecule has 3 rings (SSSR count). The van der Waals surface area contributed by atoms with E-state index in [-0.39, 0.29) is 17.2 Å². The number of aryl methyl sites for hydroxylation is 1. The second kappa shape index (κ2) is 3.57. The van der Waals surface area contributed by atoms with E-state index < -0.39 is 0 Å². The molecule has 1 aromatic rings. The first kappa shape index (κ1) is 10.8. The van der Waals surface area contributed by atoms with Crippen LogP contribution in [-0.2, 0) is 4.79 Å². The summed E-state index contributed by atoms with van der Waals surface area (Å²) in [5, 5.41) is 3.11. The number of nitrogens with one attached hydrogen (secondary N) is 1. The molecule has 1 N–H and O–H groups in total. The Morgan fingerprint density at radius 1 is 1.41 bits per heavy atom. The van der Waals surface area contributed by atoms with Gasteiger partial charge in [0, 0.05) is 7.05 Å². The predicted molar refractivity (Wildman–Crippen MR) is 65.3 cm³/mol. The van der Waals surface area contributed by atoms with E-state index in [0.717, 1.165) is 18.7 Å². The van der Waals surface area contributed by atoms with Crippen molar-refractivity contribution in [1.29, 1.82) is 0 Å². The standard InChI is InChI=1S/C11H13ClN4O/c1-5-7-9(15-11(12)13-5)16(2)8(6-3-4-6)10(17)14-7/h6,8H,3-4H2,1-2H3,(H,14,17)/t8-/m0/s1. The Hall–Kier alpha value is -1.36. The Bertz CT molecular complexity index is 500. The Kier molecular flexibility index (Phi) is 2.26. The Balaban J connectivity index is 2.08. The highest BCUT2D eigenvalue weighted by Gasteiger charge is 2.43. The van der Waals surface area contributed by atoms with Gasteiger partial charge in [0.15, 0.2) is 5.82 Å². The quantitative estimate of drug-likeness (QED) is 0.772. The zero-order chi connectivity index (χ0) is 12.2. The predicted octanol–water partition coefficient (Wildman–Crippen LogP) is 1.61. The van der Waals surface area contributed by atoms with Crippen molar-refractivity contribution < 1.29 is 4.79 Å². The average molecular weight is 253 g/mol. The summed E-state index contributed by atoms with van der Waals surface area (Å²) in [6.45, 7) is 1.82. The maximum Gasteiger partial charge on any atom is 0.247 e. The molecule has 1 aliphatic carbocycles. The van der Waals surface area contributed by atoms with E-state index in [1.165, 1.54) is 0 Å². The van der Waals surface area contributed by atoms with Gasteiger partial charge in [-0.3, -0.25) is 4.79 Å². The van der Waals surface area contributed by atoms with Crippen molar-refractivity contribution in [2.45, 2.75) is 25.8 Å². The van der Waals surface area contributed by atoms with Crippen LogP contribution in [0.3, 0.4) is 0 Å². The highest BCUT2D eigenvalue weighted by Crippen LogP contribution is 2.41. The third kappa shape index (κ3) is 1.65. The molecule has 0 unspecified atom stereocenters. The molecule has 1 aromatic heterocycles. The Labute approximate surface area is 104 Å². The Morgan fingerprint density at radius 2 is 2.12 bits per heavy atom. The van der Waals surface area contributed by atoms with Crippen LogP contribution in [0.5, 0.6) is 0 Å². The number of amides is 1. The molecule has 2 aliphatic rings. The molecule has 0 bridgehead atoms. The average Bonchev–Trinajstić information content (AvgIpc) is 3.04. The van der Waals surface area contributed by atoms with E-state index >= 15 is 0 Å². The molecule has 1 fully saturated rings. The fourth-order valence-corrected chi connectivity index (χ4v) is 2.58. The lowest BCUT2D eigenvalue weighted by Gasteiger charge is -2.34. The van der Waals surface area contributed by atoms with Crippen LogP contribution in [0.1, 0.15) is 18.5 Å². The molecule has 2 heterocycles. The van der Waals surface area contributed by atoms with Gasteiger partial charge in [-0.1, -0.05) is 0 Å². The molecular formula is C11H13ClN4O. The summed E-state index contributed by atoms with van der Waals surface area (Å²) in [5.41, 5.74) is 1.38. The van der Waals surface area contributed by atoms with E-state index in [9.17, 15) is 4.79 Å². The number of carbonyl (C=O) groups excluding carboxylic acids is 1.